The summed E-state index contributed by atoms with van der Waals surface area (Å²) in [5.74, 6) is 0.643. The highest BCUT2D eigenvalue weighted by Crippen LogP contribution is 2.33. The van der Waals surface area contributed by atoms with Crippen LogP contribution in [0.2, 0.25) is 0 Å². The highest BCUT2D eigenvalue weighted by atomic mass is 127. The van der Waals surface area contributed by atoms with Crippen molar-refractivity contribution in [2.45, 2.75) is 44.1 Å². The number of hydrogen-bond donors (Lipinski definition) is 2. The number of rotatable bonds is 6. The van der Waals surface area contributed by atoms with Crippen LogP contribution in [0.5, 0.6) is 0 Å². The first-order valence-corrected chi connectivity index (χ1v) is 10.2. The summed E-state index contributed by atoms with van der Waals surface area (Å²) < 4.78 is 18.9. The minimum absolute atomic E-state index is 0. The van der Waals surface area contributed by atoms with Crippen LogP contribution in [0.25, 0.3) is 0 Å². The molecule has 0 aromatic heterocycles. The molecule has 1 heterocycles. The van der Waals surface area contributed by atoms with Crippen molar-refractivity contribution in [2.24, 2.45) is 4.99 Å². The number of benzene rings is 1. The zero-order valence-electron chi connectivity index (χ0n) is 16.9. The second kappa shape index (κ2) is 11.9. The van der Waals surface area contributed by atoms with E-state index in [0.29, 0.717) is 0 Å². The van der Waals surface area contributed by atoms with Crippen LogP contribution in [0.15, 0.2) is 29.3 Å². The summed E-state index contributed by atoms with van der Waals surface area (Å²) >= 11 is 0. The highest BCUT2D eigenvalue weighted by molar-refractivity contribution is 14.0. The number of halogens is 2. The molecule has 1 saturated carbocycles. The molecule has 0 amide bonds. The van der Waals surface area contributed by atoms with Gasteiger partial charge in [-0.3, -0.25) is 9.89 Å². The molecule has 1 saturated heterocycles. The highest BCUT2D eigenvalue weighted by Gasteiger charge is 2.38. The normalized spacial score (nSPS) is 20.3. The number of guanidine groups is 1. The van der Waals surface area contributed by atoms with Crippen LogP contribution in [0.1, 0.15) is 37.7 Å². The number of nitrogens with one attached hydrogen (secondary N) is 2. The van der Waals surface area contributed by atoms with Gasteiger partial charge in [-0.15, -0.1) is 24.0 Å². The maximum Gasteiger partial charge on any atom is 0.191 e. The lowest BCUT2D eigenvalue weighted by Gasteiger charge is -2.48. The topological polar surface area (TPSA) is 48.9 Å². The quantitative estimate of drug-likeness (QED) is 0.355. The van der Waals surface area contributed by atoms with Gasteiger partial charge in [0.15, 0.2) is 5.96 Å². The van der Waals surface area contributed by atoms with E-state index < -0.39 is 0 Å². The number of ether oxygens (including phenoxy) is 1. The standard InChI is InChI=1S/C21H33FN4O.HI/c1-23-20(24-11-8-18-6-5-7-19(22)16-18)25-17-21(9-3-2-4-10-21)26-12-14-27-15-13-26;/h5-7,16H,2-4,8-15,17H2,1H3,(H2,23,24,25);1H. The molecule has 0 unspecified atom stereocenters. The monoisotopic (exact) mass is 504 g/mol. The third-order valence-electron chi connectivity index (χ3n) is 5.87. The van der Waals surface area contributed by atoms with E-state index in [-0.39, 0.29) is 35.3 Å². The Morgan fingerprint density at radius 2 is 1.93 bits per heavy atom. The molecule has 2 aliphatic rings. The summed E-state index contributed by atoms with van der Waals surface area (Å²) in [6, 6.07) is 6.78. The van der Waals surface area contributed by atoms with Gasteiger partial charge < -0.3 is 15.4 Å². The first kappa shape index (κ1) is 23.3. The van der Waals surface area contributed by atoms with Crippen molar-refractivity contribution < 1.29 is 9.13 Å². The average molecular weight is 504 g/mol. The summed E-state index contributed by atoms with van der Waals surface area (Å²) in [7, 11) is 1.81. The van der Waals surface area contributed by atoms with E-state index >= 15 is 0 Å². The van der Waals surface area contributed by atoms with Crippen LogP contribution in [0, 0.1) is 5.82 Å². The van der Waals surface area contributed by atoms with E-state index in [2.05, 4.69) is 20.5 Å². The molecule has 1 aromatic rings. The van der Waals surface area contributed by atoms with Gasteiger partial charge in [0.2, 0.25) is 0 Å². The number of hydrogen-bond acceptors (Lipinski definition) is 3. The molecule has 0 radical (unpaired) electrons. The molecule has 0 bridgehead atoms. The van der Waals surface area contributed by atoms with Gasteiger partial charge in [0.1, 0.15) is 5.82 Å². The van der Waals surface area contributed by atoms with Gasteiger partial charge in [-0.2, -0.15) is 0 Å². The Morgan fingerprint density at radius 1 is 1.18 bits per heavy atom. The molecule has 158 valence electrons. The summed E-state index contributed by atoms with van der Waals surface area (Å²) in [4.78, 5) is 7.00. The maximum atomic E-state index is 13.3. The Hall–Kier alpha value is -0.930. The van der Waals surface area contributed by atoms with Gasteiger partial charge in [-0.05, 0) is 37.0 Å². The lowest BCUT2D eigenvalue weighted by molar-refractivity contribution is -0.0352. The van der Waals surface area contributed by atoms with Crippen LogP contribution in [0.3, 0.4) is 0 Å². The predicted molar refractivity (Wildman–Crippen MR) is 123 cm³/mol. The fraction of sp³-hybridized carbons (Fsp3) is 0.667. The van der Waals surface area contributed by atoms with E-state index in [0.717, 1.165) is 57.3 Å². The third-order valence-corrected chi connectivity index (χ3v) is 5.87. The molecule has 28 heavy (non-hydrogen) atoms. The van der Waals surface area contributed by atoms with Crippen molar-refractivity contribution in [2.75, 3.05) is 46.4 Å². The van der Waals surface area contributed by atoms with Gasteiger partial charge in [0.25, 0.3) is 0 Å². The van der Waals surface area contributed by atoms with Crippen molar-refractivity contribution in [1.29, 1.82) is 0 Å². The predicted octanol–water partition coefficient (Wildman–Crippen LogP) is 3.19. The van der Waals surface area contributed by atoms with Crippen LogP contribution >= 0.6 is 24.0 Å². The molecule has 1 aliphatic carbocycles. The zero-order chi connectivity index (χ0) is 19.0. The number of morpholine rings is 1. The van der Waals surface area contributed by atoms with Gasteiger partial charge in [0, 0.05) is 38.8 Å². The van der Waals surface area contributed by atoms with E-state index in [4.69, 9.17) is 4.74 Å². The Balaban J connectivity index is 0.00000280. The lowest BCUT2D eigenvalue weighted by Crippen LogP contribution is -2.60. The second-order valence-corrected chi connectivity index (χ2v) is 7.62. The molecule has 2 N–H and O–H groups in total. The van der Waals surface area contributed by atoms with Crippen LogP contribution < -0.4 is 10.6 Å². The summed E-state index contributed by atoms with van der Waals surface area (Å²) in [6.45, 7) is 5.35. The second-order valence-electron chi connectivity index (χ2n) is 7.62. The molecular weight excluding hydrogens is 470 g/mol. The van der Waals surface area contributed by atoms with E-state index in [1.807, 2.05) is 6.07 Å². The Bertz CT molecular complexity index is 616. The molecular formula is C21H34FIN4O. The largest absolute Gasteiger partial charge is 0.379 e. The van der Waals surface area contributed by atoms with Crippen molar-refractivity contribution in [3.05, 3.63) is 35.6 Å². The lowest BCUT2D eigenvalue weighted by atomic mass is 9.80. The first-order valence-electron chi connectivity index (χ1n) is 10.2. The molecule has 0 atom stereocenters. The first-order chi connectivity index (χ1) is 13.2. The minimum atomic E-state index is -0.181. The fourth-order valence-corrected chi connectivity index (χ4v) is 4.34. The van der Waals surface area contributed by atoms with Crippen molar-refractivity contribution in [3.8, 4) is 0 Å². The molecule has 3 rings (SSSR count). The van der Waals surface area contributed by atoms with Crippen molar-refractivity contribution in [3.63, 3.8) is 0 Å². The zero-order valence-corrected chi connectivity index (χ0v) is 19.2. The van der Waals surface area contributed by atoms with Crippen LogP contribution in [-0.4, -0.2) is 62.8 Å². The van der Waals surface area contributed by atoms with Crippen LogP contribution in [0.4, 0.5) is 4.39 Å². The molecule has 1 aromatic carbocycles. The van der Waals surface area contributed by atoms with E-state index in [1.54, 1.807) is 19.2 Å². The summed E-state index contributed by atoms with van der Waals surface area (Å²) in [6.07, 6.45) is 7.18. The third kappa shape index (κ3) is 6.56. The van der Waals surface area contributed by atoms with Crippen molar-refractivity contribution in [1.82, 2.24) is 15.5 Å². The van der Waals surface area contributed by atoms with Gasteiger partial charge in [0.05, 0.1) is 13.2 Å². The maximum absolute atomic E-state index is 13.3. The molecule has 0 spiro atoms. The minimum Gasteiger partial charge on any atom is -0.379 e. The summed E-state index contributed by atoms with van der Waals surface area (Å²) in [5, 5.41) is 6.93. The Morgan fingerprint density at radius 3 is 2.61 bits per heavy atom. The number of nitrogens with zero attached hydrogens (tertiary/aromatic N) is 2. The van der Waals surface area contributed by atoms with E-state index in [9.17, 15) is 4.39 Å². The Kier molecular flexibility index (Phi) is 9.94. The molecule has 2 fully saturated rings. The van der Waals surface area contributed by atoms with Crippen molar-refractivity contribution >= 4 is 29.9 Å². The number of aliphatic imine (C=N–C) groups is 1. The Labute approximate surface area is 185 Å². The smallest absolute Gasteiger partial charge is 0.191 e. The SMILES string of the molecule is CN=C(NCCc1cccc(F)c1)NCC1(N2CCOCC2)CCCCC1.I. The average Bonchev–Trinajstić information content (AvgIpc) is 2.72. The van der Waals surface area contributed by atoms with E-state index in [1.165, 1.54) is 38.2 Å². The van der Waals surface area contributed by atoms with Crippen LogP contribution in [-0.2, 0) is 11.2 Å². The molecule has 5 nitrogen and oxygen atoms in total. The molecule has 1 aliphatic heterocycles. The van der Waals surface area contributed by atoms with Gasteiger partial charge in [-0.1, -0.05) is 31.4 Å². The fourth-order valence-electron chi connectivity index (χ4n) is 4.34. The summed E-state index contributed by atoms with van der Waals surface area (Å²) in [5.41, 5.74) is 1.21. The van der Waals surface area contributed by atoms with Gasteiger partial charge >= 0.3 is 0 Å². The van der Waals surface area contributed by atoms with Gasteiger partial charge in [-0.25, -0.2) is 4.39 Å². The molecule has 7 heteroatoms.